The van der Waals surface area contributed by atoms with E-state index >= 15 is 0 Å². The fraction of sp³-hybridized carbons (Fsp3) is 1.00. The predicted octanol–water partition coefficient (Wildman–Crippen LogP) is 2.72. The van der Waals surface area contributed by atoms with Crippen LogP contribution in [-0.2, 0) is 4.74 Å². The first-order valence-electron chi connectivity index (χ1n) is 7.24. The zero-order valence-corrected chi connectivity index (χ0v) is 10.5. The molecule has 3 rings (SSSR count). The van der Waals surface area contributed by atoms with E-state index in [2.05, 4.69) is 12.2 Å². The van der Waals surface area contributed by atoms with Crippen molar-refractivity contribution in [2.24, 2.45) is 11.8 Å². The number of hydrogen-bond acceptors (Lipinski definition) is 2. The molecule has 2 bridgehead atoms. The van der Waals surface area contributed by atoms with E-state index in [1.807, 2.05) is 0 Å². The van der Waals surface area contributed by atoms with E-state index in [1.165, 1.54) is 51.5 Å². The minimum atomic E-state index is 0.598. The molecule has 5 unspecified atom stereocenters. The van der Waals surface area contributed by atoms with Crippen LogP contribution in [0.1, 0.15) is 51.9 Å². The maximum atomic E-state index is 5.90. The Hall–Kier alpha value is -0.0800. The van der Waals surface area contributed by atoms with Crippen molar-refractivity contribution in [3.8, 4) is 0 Å². The van der Waals surface area contributed by atoms with Crippen molar-refractivity contribution in [3.63, 3.8) is 0 Å². The standard InChI is InChI=1S/C14H25NO/c1-2-10-3-4-12(7-10)15-9-11-8-13-5-6-14(11)16-13/h10-15H,2-9H2,1H3. The molecule has 1 aliphatic carbocycles. The number of ether oxygens (including phenoxy) is 1. The molecule has 2 aliphatic heterocycles. The highest BCUT2D eigenvalue weighted by Crippen LogP contribution is 2.38. The van der Waals surface area contributed by atoms with Crippen molar-refractivity contribution in [1.29, 1.82) is 0 Å². The molecule has 2 saturated heterocycles. The quantitative estimate of drug-likeness (QED) is 0.791. The van der Waals surface area contributed by atoms with Crippen molar-refractivity contribution in [2.45, 2.75) is 70.1 Å². The Bertz CT molecular complexity index is 243. The average molecular weight is 223 g/mol. The molecule has 16 heavy (non-hydrogen) atoms. The second kappa shape index (κ2) is 4.66. The highest BCUT2D eigenvalue weighted by atomic mass is 16.5. The molecular formula is C14H25NO. The van der Waals surface area contributed by atoms with Gasteiger partial charge in [-0.15, -0.1) is 0 Å². The van der Waals surface area contributed by atoms with Gasteiger partial charge >= 0.3 is 0 Å². The van der Waals surface area contributed by atoms with Gasteiger partial charge in [0, 0.05) is 18.5 Å². The Kier molecular flexibility index (Phi) is 3.21. The van der Waals surface area contributed by atoms with E-state index in [1.54, 1.807) is 0 Å². The first-order valence-corrected chi connectivity index (χ1v) is 7.24. The van der Waals surface area contributed by atoms with Crippen LogP contribution in [0.4, 0.5) is 0 Å². The summed E-state index contributed by atoms with van der Waals surface area (Å²) in [5, 5.41) is 3.79. The molecular weight excluding hydrogens is 198 g/mol. The summed E-state index contributed by atoms with van der Waals surface area (Å²) < 4.78 is 5.90. The summed E-state index contributed by atoms with van der Waals surface area (Å²) in [6, 6.07) is 0.809. The van der Waals surface area contributed by atoms with Gasteiger partial charge in [0.25, 0.3) is 0 Å². The maximum Gasteiger partial charge on any atom is 0.0621 e. The third-order valence-corrected chi connectivity index (χ3v) is 5.02. The monoisotopic (exact) mass is 223 g/mol. The normalized spacial score (nSPS) is 46.7. The molecule has 2 nitrogen and oxygen atoms in total. The van der Waals surface area contributed by atoms with Gasteiger partial charge in [-0.2, -0.15) is 0 Å². The van der Waals surface area contributed by atoms with Gasteiger partial charge in [0.15, 0.2) is 0 Å². The molecule has 3 fully saturated rings. The molecule has 1 N–H and O–H groups in total. The molecule has 0 amide bonds. The largest absolute Gasteiger partial charge is 0.375 e. The van der Waals surface area contributed by atoms with Crippen molar-refractivity contribution in [1.82, 2.24) is 5.32 Å². The minimum absolute atomic E-state index is 0.598. The number of hydrogen-bond donors (Lipinski definition) is 1. The second-order valence-corrected chi connectivity index (χ2v) is 6.06. The lowest BCUT2D eigenvalue weighted by atomic mass is 9.89. The molecule has 2 heterocycles. The summed E-state index contributed by atoms with van der Waals surface area (Å²) in [5.41, 5.74) is 0. The lowest BCUT2D eigenvalue weighted by Gasteiger charge is -2.21. The van der Waals surface area contributed by atoms with Crippen LogP contribution in [0.15, 0.2) is 0 Å². The van der Waals surface area contributed by atoms with Crippen molar-refractivity contribution < 1.29 is 4.74 Å². The summed E-state index contributed by atoms with van der Waals surface area (Å²) in [6.07, 6.45) is 10.8. The van der Waals surface area contributed by atoms with Crippen LogP contribution in [0.3, 0.4) is 0 Å². The van der Waals surface area contributed by atoms with Gasteiger partial charge < -0.3 is 10.1 Å². The molecule has 0 aromatic heterocycles. The first-order chi connectivity index (χ1) is 7.85. The third kappa shape index (κ3) is 2.14. The van der Waals surface area contributed by atoms with Crippen LogP contribution < -0.4 is 5.32 Å². The summed E-state index contributed by atoms with van der Waals surface area (Å²) in [6.45, 7) is 3.54. The summed E-state index contributed by atoms with van der Waals surface area (Å²) in [5.74, 6) is 1.81. The lowest BCUT2D eigenvalue weighted by molar-refractivity contribution is 0.0920. The molecule has 0 spiro atoms. The summed E-state index contributed by atoms with van der Waals surface area (Å²) >= 11 is 0. The smallest absolute Gasteiger partial charge is 0.0621 e. The summed E-state index contributed by atoms with van der Waals surface area (Å²) in [7, 11) is 0. The van der Waals surface area contributed by atoms with E-state index in [0.29, 0.717) is 12.2 Å². The Morgan fingerprint density at radius 2 is 2.06 bits per heavy atom. The van der Waals surface area contributed by atoms with E-state index < -0.39 is 0 Å². The topological polar surface area (TPSA) is 21.3 Å². The van der Waals surface area contributed by atoms with Gasteiger partial charge in [0.05, 0.1) is 12.2 Å². The van der Waals surface area contributed by atoms with E-state index in [4.69, 9.17) is 4.74 Å². The molecule has 1 saturated carbocycles. The van der Waals surface area contributed by atoms with Crippen LogP contribution in [0.2, 0.25) is 0 Å². The fourth-order valence-corrected chi connectivity index (χ4v) is 3.91. The predicted molar refractivity (Wildman–Crippen MR) is 65.4 cm³/mol. The first kappa shape index (κ1) is 11.0. The van der Waals surface area contributed by atoms with Crippen LogP contribution in [0.5, 0.6) is 0 Å². The van der Waals surface area contributed by atoms with E-state index in [9.17, 15) is 0 Å². The third-order valence-electron chi connectivity index (χ3n) is 5.02. The van der Waals surface area contributed by atoms with Crippen LogP contribution >= 0.6 is 0 Å². The van der Waals surface area contributed by atoms with Crippen LogP contribution in [0, 0.1) is 11.8 Å². The zero-order chi connectivity index (χ0) is 11.0. The van der Waals surface area contributed by atoms with Crippen molar-refractivity contribution in [3.05, 3.63) is 0 Å². The highest BCUT2D eigenvalue weighted by molar-refractivity contribution is 4.91. The van der Waals surface area contributed by atoms with Gasteiger partial charge in [0.2, 0.25) is 0 Å². The van der Waals surface area contributed by atoms with Gasteiger partial charge in [0.1, 0.15) is 0 Å². The lowest BCUT2D eigenvalue weighted by Crippen LogP contribution is -2.35. The SMILES string of the molecule is CCC1CCC(NCC2CC3CCC2O3)C1. The molecule has 0 radical (unpaired) electrons. The highest BCUT2D eigenvalue weighted by Gasteiger charge is 2.40. The number of nitrogens with one attached hydrogen (secondary N) is 1. The molecule has 2 heteroatoms. The number of rotatable bonds is 4. The average Bonchev–Trinajstić information content (AvgIpc) is 3.02. The van der Waals surface area contributed by atoms with E-state index in [0.717, 1.165) is 17.9 Å². The fourth-order valence-electron chi connectivity index (χ4n) is 3.91. The Labute approximate surface area is 99.1 Å². The Balaban J connectivity index is 1.40. The minimum Gasteiger partial charge on any atom is -0.375 e. The van der Waals surface area contributed by atoms with Gasteiger partial charge in [-0.1, -0.05) is 13.3 Å². The maximum absolute atomic E-state index is 5.90. The summed E-state index contributed by atoms with van der Waals surface area (Å²) in [4.78, 5) is 0. The molecule has 0 aromatic rings. The van der Waals surface area contributed by atoms with Crippen molar-refractivity contribution in [2.75, 3.05) is 6.54 Å². The molecule has 0 aromatic carbocycles. The Morgan fingerprint density at radius 1 is 1.12 bits per heavy atom. The Morgan fingerprint density at radius 3 is 2.69 bits per heavy atom. The van der Waals surface area contributed by atoms with E-state index in [-0.39, 0.29) is 0 Å². The number of fused-ring (bicyclic) bond motifs is 2. The van der Waals surface area contributed by atoms with Crippen LogP contribution in [-0.4, -0.2) is 24.8 Å². The second-order valence-electron chi connectivity index (χ2n) is 6.06. The molecule has 92 valence electrons. The van der Waals surface area contributed by atoms with Crippen LogP contribution in [0.25, 0.3) is 0 Å². The van der Waals surface area contributed by atoms with Gasteiger partial charge in [-0.3, -0.25) is 0 Å². The van der Waals surface area contributed by atoms with Crippen molar-refractivity contribution >= 4 is 0 Å². The molecule has 3 aliphatic rings. The van der Waals surface area contributed by atoms with Gasteiger partial charge in [-0.05, 0) is 44.4 Å². The molecule has 5 atom stereocenters. The zero-order valence-electron chi connectivity index (χ0n) is 10.5. The van der Waals surface area contributed by atoms with Gasteiger partial charge in [-0.25, -0.2) is 0 Å².